The lowest BCUT2D eigenvalue weighted by molar-refractivity contribution is 0.322. The van der Waals surface area contributed by atoms with E-state index in [1.807, 2.05) is 36.4 Å². The molecule has 0 radical (unpaired) electrons. The summed E-state index contributed by atoms with van der Waals surface area (Å²) in [6.07, 6.45) is 0.877. The molecule has 0 fully saturated rings. The van der Waals surface area contributed by atoms with Gasteiger partial charge in [0.2, 0.25) is 0 Å². The van der Waals surface area contributed by atoms with Gasteiger partial charge in [0.15, 0.2) is 5.75 Å². The Balaban J connectivity index is 1.95. The Morgan fingerprint density at radius 2 is 1.76 bits per heavy atom. The van der Waals surface area contributed by atoms with Gasteiger partial charge in [0.25, 0.3) is 0 Å². The standard InChI is InChI=1S/C14H14BrNO/c15-12-7-4-8-13(16)14(12)17-10-9-11-5-2-1-3-6-11/h1-8H,9-10,16H2. The van der Waals surface area contributed by atoms with Crippen molar-refractivity contribution in [1.82, 2.24) is 0 Å². The summed E-state index contributed by atoms with van der Waals surface area (Å²) in [5.74, 6) is 0.725. The van der Waals surface area contributed by atoms with E-state index in [1.54, 1.807) is 0 Å². The number of benzene rings is 2. The van der Waals surface area contributed by atoms with Gasteiger partial charge in [-0.25, -0.2) is 0 Å². The lowest BCUT2D eigenvalue weighted by Gasteiger charge is -2.10. The number of rotatable bonds is 4. The van der Waals surface area contributed by atoms with Gasteiger partial charge in [-0.05, 0) is 33.6 Å². The van der Waals surface area contributed by atoms with Crippen molar-refractivity contribution in [3.8, 4) is 5.75 Å². The van der Waals surface area contributed by atoms with Crippen molar-refractivity contribution in [1.29, 1.82) is 0 Å². The molecule has 0 aromatic heterocycles. The Hall–Kier alpha value is -1.48. The maximum atomic E-state index is 5.85. The molecular formula is C14H14BrNO. The van der Waals surface area contributed by atoms with Gasteiger partial charge in [0.05, 0.1) is 16.8 Å². The minimum atomic E-state index is 0.622. The molecule has 2 N–H and O–H groups in total. The van der Waals surface area contributed by atoms with Crippen LogP contribution in [0.5, 0.6) is 5.75 Å². The van der Waals surface area contributed by atoms with Crippen molar-refractivity contribution in [3.05, 3.63) is 58.6 Å². The minimum absolute atomic E-state index is 0.622. The molecular weight excluding hydrogens is 278 g/mol. The molecule has 2 rings (SSSR count). The lowest BCUT2D eigenvalue weighted by atomic mass is 10.2. The molecule has 0 aliphatic rings. The van der Waals surface area contributed by atoms with E-state index in [2.05, 4.69) is 28.1 Å². The first-order valence-electron chi connectivity index (χ1n) is 5.48. The third-order valence-corrected chi connectivity index (χ3v) is 3.10. The summed E-state index contributed by atoms with van der Waals surface area (Å²) in [7, 11) is 0. The van der Waals surface area contributed by atoms with Crippen LogP contribution < -0.4 is 10.5 Å². The molecule has 2 aromatic carbocycles. The quantitative estimate of drug-likeness (QED) is 0.873. The highest BCUT2D eigenvalue weighted by Crippen LogP contribution is 2.30. The minimum Gasteiger partial charge on any atom is -0.490 e. The van der Waals surface area contributed by atoms with Gasteiger partial charge >= 0.3 is 0 Å². The van der Waals surface area contributed by atoms with E-state index < -0.39 is 0 Å². The molecule has 2 aromatic rings. The van der Waals surface area contributed by atoms with E-state index in [1.165, 1.54) is 5.56 Å². The van der Waals surface area contributed by atoms with Crippen molar-refractivity contribution in [2.24, 2.45) is 0 Å². The van der Waals surface area contributed by atoms with Crippen molar-refractivity contribution in [2.45, 2.75) is 6.42 Å². The fourth-order valence-corrected chi connectivity index (χ4v) is 2.09. The van der Waals surface area contributed by atoms with Crippen molar-refractivity contribution in [2.75, 3.05) is 12.3 Å². The monoisotopic (exact) mass is 291 g/mol. The fourth-order valence-electron chi connectivity index (χ4n) is 1.59. The summed E-state index contributed by atoms with van der Waals surface area (Å²) in [5.41, 5.74) is 7.77. The third-order valence-electron chi connectivity index (χ3n) is 2.48. The maximum absolute atomic E-state index is 5.85. The van der Waals surface area contributed by atoms with Crippen LogP contribution in [-0.2, 0) is 6.42 Å². The zero-order valence-electron chi connectivity index (χ0n) is 9.40. The Labute approximate surface area is 110 Å². The van der Waals surface area contributed by atoms with Crippen molar-refractivity contribution < 1.29 is 4.74 Å². The molecule has 0 atom stereocenters. The highest BCUT2D eigenvalue weighted by atomic mass is 79.9. The van der Waals surface area contributed by atoms with Gasteiger partial charge < -0.3 is 10.5 Å². The summed E-state index contributed by atoms with van der Waals surface area (Å²) >= 11 is 3.43. The Morgan fingerprint density at radius 1 is 1.00 bits per heavy atom. The molecule has 88 valence electrons. The fraction of sp³-hybridized carbons (Fsp3) is 0.143. The lowest BCUT2D eigenvalue weighted by Crippen LogP contribution is -2.03. The average Bonchev–Trinajstić information content (AvgIpc) is 2.34. The van der Waals surface area contributed by atoms with Crippen LogP contribution in [0.1, 0.15) is 5.56 Å². The topological polar surface area (TPSA) is 35.2 Å². The number of hydrogen-bond donors (Lipinski definition) is 1. The molecule has 0 bridgehead atoms. The normalized spacial score (nSPS) is 10.2. The van der Waals surface area contributed by atoms with Gasteiger partial charge in [0, 0.05) is 6.42 Å². The molecule has 2 nitrogen and oxygen atoms in total. The largest absolute Gasteiger partial charge is 0.490 e. The maximum Gasteiger partial charge on any atom is 0.156 e. The smallest absolute Gasteiger partial charge is 0.156 e. The average molecular weight is 292 g/mol. The van der Waals surface area contributed by atoms with Crippen molar-refractivity contribution >= 4 is 21.6 Å². The van der Waals surface area contributed by atoms with Gasteiger partial charge in [-0.15, -0.1) is 0 Å². The Kier molecular flexibility index (Phi) is 4.04. The van der Waals surface area contributed by atoms with Gasteiger partial charge in [-0.2, -0.15) is 0 Å². The number of nitrogen functional groups attached to an aromatic ring is 1. The highest BCUT2D eigenvalue weighted by Gasteiger charge is 2.04. The second kappa shape index (κ2) is 5.73. The van der Waals surface area contributed by atoms with Crippen LogP contribution in [0.4, 0.5) is 5.69 Å². The van der Waals surface area contributed by atoms with Gasteiger partial charge in [-0.1, -0.05) is 36.4 Å². The van der Waals surface area contributed by atoms with Crippen LogP contribution in [0, 0.1) is 0 Å². The molecule has 0 spiro atoms. The first kappa shape index (κ1) is 12.0. The van der Waals surface area contributed by atoms with Crippen LogP contribution in [0.25, 0.3) is 0 Å². The first-order valence-corrected chi connectivity index (χ1v) is 6.27. The number of para-hydroxylation sites is 1. The van der Waals surface area contributed by atoms with Crippen LogP contribution >= 0.6 is 15.9 Å². The molecule has 0 heterocycles. The summed E-state index contributed by atoms with van der Waals surface area (Å²) in [6, 6.07) is 15.9. The number of ether oxygens (including phenoxy) is 1. The highest BCUT2D eigenvalue weighted by molar-refractivity contribution is 9.10. The van der Waals surface area contributed by atoms with E-state index in [4.69, 9.17) is 10.5 Å². The SMILES string of the molecule is Nc1cccc(Br)c1OCCc1ccccc1. The molecule has 0 saturated heterocycles. The molecule has 0 saturated carbocycles. The summed E-state index contributed by atoms with van der Waals surface area (Å²) in [6.45, 7) is 0.622. The van der Waals surface area contributed by atoms with E-state index in [-0.39, 0.29) is 0 Å². The van der Waals surface area contributed by atoms with E-state index >= 15 is 0 Å². The summed E-state index contributed by atoms with van der Waals surface area (Å²) in [5, 5.41) is 0. The Bertz CT molecular complexity index is 465. The second-order valence-corrected chi connectivity index (χ2v) is 4.60. The van der Waals surface area contributed by atoms with Crippen LogP contribution in [-0.4, -0.2) is 6.61 Å². The summed E-state index contributed by atoms with van der Waals surface area (Å²) in [4.78, 5) is 0. The van der Waals surface area contributed by atoms with Crippen molar-refractivity contribution in [3.63, 3.8) is 0 Å². The van der Waals surface area contributed by atoms with E-state index in [0.717, 1.165) is 16.6 Å². The number of hydrogen-bond acceptors (Lipinski definition) is 2. The Morgan fingerprint density at radius 3 is 2.47 bits per heavy atom. The zero-order chi connectivity index (χ0) is 12.1. The zero-order valence-corrected chi connectivity index (χ0v) is 11.0. The third kappa shape index (κ3) is 3.24. The molecule has 3 heteroatoms. The van der Waals surface area contributed by atoms with Crippen LogP contribution in [0.15, 0.2) is 53.0 Å². The van der Waals surface area contributed by atoms with E-state index in [0.29, 0.717) is 12.3 Å². The van der Waals surface area contributed by atoms with Gasteiger partial charge in [0.1, 0.15) is 0 Å². The van der Waals surface area contributed by atoms with E-state index in [9.17, 15) is 0 Å². The molecule has 0 aliphatic heterocycles. The molecule has 0 amide bonds. The van der Waals surface area contributed by atoms with Crippen LogP contribution in [0.3, 0.4) is 0 Å². The molecule has 17 heavy (non-hydrogen) atoms. The predicted octanol–water partition coefficient (Wildman–Crippen LogP) is 3.65. The number of anilines is 1. The first-order chi connectivity index (χ1) is 8.27. The number of nitrogens with two attached hydrogens (primary N) is 1. The summed E-state index contributed by atoms with van der Waals surface area (Å²) < 4.78 is 6.59. The molecule has 0 unspecified atom stereocenters. The molecule has 0 aliphatic carbocycles. The number of halogens is 1. The van der Waals surface area contributed by atoms with Crippen LogP contribution in [0.2, 0.25) is 0 Å². The van der Waals surface area contributed by atoms with Gasteiger partial charge in [-0.3, -0.25) is 0 Å². The second-order valence-electron chi connectivity index (χ2n) is 3.74. The predicted molar refractivity (Wildman–Crippen MR) is 74.2 cm³/mol.